The highest BCUT2D eigenvalue weighted by atomic mass is 16.5. The third-order valence-electron chi connectivity index (χ3n) is 3.07. The highest BCUT2D eigenvalue weighted by Gasteiger charge is 2.30. The molecule has 1 aliphatic rings. The Hall–Kier alpha value is -1.48. The highest BCUT2D eigenvalue weighted by molar-refractivity contribution is 5.34. The van der Waals surface area contributed by atoms with Crippen molar-refractivity contribution < 1.29 is 14.6 Å². The Morgan fingerprint density at radius 1 is 1.29 bits per heavy atom. The summed E-state index contributed by atoms with van der Waals surface area (Å²) < 4.78 is 10.6. The summed E-state index contributed by atoms with van der Waals surface area (Å²) in [6.07, 6.45) is 3.94. The molecule has 1 aromatic rings. The molecule has 0 saturated carbocycles. The van der Waals surface area contributed by atoms with E-state index in [2.05, 4.69) is 0 Å². The van der Waals surface area contributed by atoms with Crippen molar-refractivity contribution in [3.05, 3.63) is 41.7 Å². The van der Waals surface area contributed by atoms with E-state index in [1.54, 1.807) is 14.0 Å². The largest absolute Gasteiger partial charge is 0.497 e. The van der Waals surface area contributed by atoms with Crippen LogP contribution in [0.2, 0.25) is 0 Å². The van der Waals surface area contributed by atoms with Gasteiger partial charge in [-0.3, -0.25) is 0 Å². The van der Waals surface area contributed by atoms with Crippen molar-refractivity contribution >= 4 is 0 Å². The van der Waals surface area contributed by atoms with Gasteiger partial charge in [-0.15, -0.1) is 0 Å². The normalized spacial score (nSPS) is 18.9. The van der Waals surface area contributed by atoms with Crippen LogP contribution in [0.4, 0.5) is 0 Å². The maximum atomic E-state index is 10.5. The first-order valence-electron chi connectivity index (χ1n) is 5.85. The molecule has 3 nitrogen and oxygen atoms in total. The van der Waals surface area contributed by atoms with Gasteiger partial charge in [-0.05, 0) is 43.5 Å². The van der Waals surface area contributed by atoms with Gasteiger partial charge in [-0.1, -0.05) is 12.1 Å². The summed E-state index contributed by atoms with van der Waals surface area (Å²) in [7, 11) is 1.62. The molecule has 0 amide bonds. The molecule has 0 fully saturated rings. The molecule has 0 aliphatic carbocycles. The van der Waals surface area contributed by atoms with Crippen LogP contribution in [0.25, 0.3) is 0 Å². The van der Waals surface area contributed by atoms with Crippen LogP contribution in [0, 0.1) is 0 Å². The summed E-state index contributed by atoms with van der Waals surface area (Å²) >= 11 is 0. The van der Waals surface area contributed by atoms with E-state index in [9.17, 15) is 5.11 Å². The van der Waals surface area contributed by atoms with E-state index in [-0.39, 0.29) is 0 Å². The molecule has 0 aromatic heterocycles. The smallest absolute Gasteiger partial charge is 0.143 e. The second-order valence-electron chi connectivity index (χ2n) is 4.36. The third kappa shape index (κ3) is 2.44. The van der Waals surface area contributed by atoms with Crippen molar-refractivity contribution in [2.24, 2.45) is 0 Å². The molecule has 2 rings (SSSR count). The van der Waals surface area contributed by atoms with Crippen LogP contribution in [0.3, 0.4) is 0 Å². The first kappa shape index (κ1) is 12.0. The monoisotopic (exact) mass is 234 g/mol. The number of aliphatic hydroxyl groups is 1. The molecule has 1 heterocycles. The molecular weight excluding hydrogens is 216 g/mol. The molecule has 1 N–H and O–H groups in total. The molecule has 0 spiro atoms. The first-order chi connectivity index (χ1) is 8.14. The quantitative estimate of drug-likeness (QED) is 0.873. The van der Waals surface area contributed by atoms with Crippen LogP contribution >= 0.6 is 0 Å². The Kier molecular flexibility index (Phi) is 3.38. The van der Waals surface area contributed by atoms with Gasteiger partial charge in [0.1, 0.15) is 17.1 Å². The molecular formula is C14H18O3. The fourth-order valence-corrected chi connectivity index (χ4v) is 1.95. The summed E-state index contributed by atoms with van der Waals surface area (Å²) in [6, 6.07) is 7.40. The van der Waals surface area contributed by atoms with Crippen molar-refractivity contribution in [3.63, 3.8) is 0 Å². The minimum absolute atomic E-state index is 0.647. The second kappa shape index (κ2) is 4.80. The Balaban J connectivity index is 2.26. The van der Waals surface area contributed by atoms with Crippen molar-refractivity contribution in [1.29, 1.82) is 0 Å². The first-order valence-corrected chi connectivity index (χ1v) is 5.85. The Bertz CT molecular complexity index is 404. The van der Waals surface area contributed by atoms with Crippen LogP contribution in [0.15, 0.2) is 36.1 Å². The fraction of sp³-hybridized carbons (Fsp3) is 0.429. The zero-order valence-electron chi connectivity index (χ0n) is 10.3. The SMILES string of the molecule is COc1ccc(C(C)(O)C2=CCCCO2)cc1. The Morgan fingerprint density at radius 3 is 2.53 bits per heavy atom. The van der Waals surface area contributed by atoms with Gasteiger partial charge in [-0.25, -0.2) is 0 Å². The van der Waals surface area contributed by atoms with Crippen LogP contribution in [-0.2, 0) is 10.3 Å². The van der Waals surface area contributed by atoms with E-state index in [4.69, 9.17) is 9.47 Å². The number of methoxy groups -OCH3 is 1. The van der Waals surface area contributed by atoms with E-state index in [0.29, 0.717) is 12.4 Å². The van der Waals surface area contributed by atoms with Gasteiger partial charge < -0.3 is 14.6 Å². The number of hydrogen-bond donors (Lipinski definition) is 1. The van der Waals surface area contributed by atoms with E-state index in [0.717, 1.165) is 24.2 Å². The van der Waals surface area contributed by atoms with Crippen LogP contribution < -0.4 is 4.74 Å². The lowest BCUT2D eigenvalue weighted by atomic mass is 9.92. The average molecular weight is 234 g/mol. The lowest BCUT2D eigenvalue weighted by Gasteiger charge is -2.29. The molecule has 17 heavy (non-hydrogen) atoms. The van der Waals surface area contributed by atoms with Gasteiger partial charge in [0.05, 0.1) is 13.7 Å². The molecule has 1 aliphatic heterocycles. The topological polar surface area (TPSA) is 38.7 Å². The van der Waals surface area contributed by atoms with E-state index in [1.165, 1.54) is 0 Å². The lowest BCUT2D eigenvalue weighted by molar-refractivity contribution is 0.0150. The van der Waals surface area contributed by atoms with E-state index in [1.807, 2.05) is 30.3 Å². The maximum absolute atomic E-state index is 10.5. The highest BCUT2D eigenvalue weighted by Crippen LogP contribution is 2.32. The molecule has 1 atom stereocenters. The van der Waals surface area contributed by atoms with Crippen LogP contribution in [0.1, 0.15) is 25.3 Å². The molecule has 1 unspecified atom stereocenters. The van der Waals surface area contributed by atoms with E-state index >= 15 is 0 Å². The molecule has 3 heteroatoms. The summed E-state index contributed by atoms with van der Waals surface area (Å²) in [5.74, 6) is 1.43. The zero-order valence-corrected chi connectivity index (χ0v) is 10.3. The molecule has 92 valence electrons. The average Bonchev–Trinajstić information content (AvgIpc) is 2.40. The minimum Gasteiger partial charge on any atom is -0.497 e. The Morgan fingerprint density at radius 2 is 2.00 bits per heavy atom. The van der Waals surface area contributed by atoms with Gasteiger partial charge in [0.25, 0.3) is 0 Å². The predicted molar refractivity (Wildman–Crippen MR) is 65.8 cm³/mol. The van der Waals surface area contributed by atoms with Crippen molar-refractivity contribution in [2.75, 3.05) is 13.7 Å². The van der Waals surface area contributed by atoms with Crippen molar-refractivity contribution in [2.45, 2.75) is 25.4 Å². The van der Waals surface area contributed by atoms with Gasteiger partial charge >= 0.3 is 0 Å². The minimum atomic E-state index is -1.06. The van der Waals surface area contributed by atoms with Crippen LogP contribution in [-0.4, -0.2) is 18.8 Å². The molecule has 0 bridgehead atoms. The summed E-state index contributed by atoms with van der Waals surface area (Å²) in [5, 5.41) is 10.5. The number of rotatable bonds is 3. The number of benzene rings is 1. The van der Waals surface area contributed by atoms with Gasteiger partial charge in [0, 0.05) is 0 Å². The maximum Gasteiger partial charge on any atom is 0.143 e. The van der Waals surface area contributed by atoms with Crippen molar-refractivity contribution in [3.8, 4) is 5.75 Å². The summed E-state index contributed by atoms with van der Waals surface area (Å²) in [4.78, 5) is 0. The van der Waals surface area contributed by atoms with Gasteiger partial charge in [0.2, 0.25) is 0 Å². The van der Waals surface area contributed by atoms with E-state index < -0.39 is 5.60 Å². The second-order valence-corrected chi connectivity index (χ2v) is 4.36. The number of hydrogen-bond acceptors (Lipinski definition) is 3. The predicted octanol–water partition coefficient (Wildman–Crippen LogP) is 2.60. The third-order valence-corrected chi connectivity index (χ3v) is 3.07. The number of ether oxygens (including phenoxy) is 2. The van der Waals surface area contributed by atoms with Crippen molar-refractivity contribution in [1.82, 2.24) is 0 Å². The lowest BCUT2D eigenvalue weighted by Crippen LogP contribution is -2.27. The zero-order chi connectivity index (χ0) is 12.3. The molecule has 0 radical (unpaired) electrons. The number of allylic oxidation sites excluding steroid dienone is 1. The fourth-order valence-electron chi connectivity index (χ4n) is 1.95. The standard InChI is InChI=1S/C14H18O3/c1-14(15,13-5-3-4-10-17-13)11-6-8-12(16-2)9-7-11/h5-9,15H,3-4,10H2,1-2H3. The van der Waals surface area contributed by atoms with Gasteiger partial charge in [-0.2, -0.15) is 0 Å². The molecule has 1 aromatic carbocycles. The van der Waals surface area contributed by atoms with Gasteiger partial charge in [0.15, 0.2) is 0 Å². The Labute approximate surface area is 102 Å². The van der Waals surface area contributed by atoms with Crippen LogP contribution in [0.5, 0.6) is 5.75 Å². The summed E-state index contributed by atoms with van der Waals surface area (Å²) in [6.45, 7) is 2.43. The molecule has 0 saturated heterocycles. The summed E-state index contributed by atoms with van der Waals surface area (Å²) in [5.41, 5.74) is -0.251.